The first kappa shape index (κ1) is 20.9. The number of aryl methyl sites for hydroxylation is 1. The number of hydrogen-bond acceptors (Lipinski definition) is 5. The third kappa shape index (κ3) is 5.84. The van der Waals surface area contributed by atoms with Crippen molar-refractivity contribution in [2.75, 3.05) is 5.32 Å². The fourth-order valence-electron chi connectivity index (χ4n) is 3.28. The number of rotatable bonds is 8. The maximum Gasteiger partial charge on any atom is 0.231 e. The number of nitrogens with zero attached hydrogens (tertiary/aromatic N) is 2. The van der Waals surface area contributed by atoms with Crippen LogP contribution in [0.5, 0.6) is 0 Å². The molecule has 0 aliphatic carbocycles. The number of pyridine rings is 1. The summed E-state index contributed by atoms with van der Waals surface area (Å²) >= 11 is 1.51. The zero-order chi connectivity index (χ0) is 21.5. The molecule has 0 aliphatic heterocycles. The van der Waals surface area contributed by atoms with E-state index in [1.165, 1.54) is 11.3 Å². The number of hydrogen-bond donors (Lipinski definition) is 2. The number of thiazole rings is 1. The number of benzene rings is 2. The zero-order valence-corrected chi connectivity index (χ0v) is 18.1. The van der Waals surface area contributed by atoms with Crippen LogP contribution in [-0.4, -0.2) is 15.9 Å². The Morgan fingerprint density at radius 3 is 2.52 bits per heavy atom. The van der Waals surface area contributed by atoms with Crippen LogP contribution < -0.4 is 10.6 Å². The van der Waals surface area contributed by atoms with Crippen molar-refractivity contribution in [2.24, 2.45) is 0 Å². The Bertz CT molecular complexity index is 1070. The number of carbonyl (C=O) groups excluding carboxylic acids is 1. The summed E-state index contributed by atoms with van der Waals surface area (Å²) in [6, 6.07) is 23.9. The van der Waals surface area contributed by atoms with Crippen molar-refractivity contribution < 1.29 is 4.79 Å². The highest BCUT2D eigenvalue weighted by Crippen LogP contribution is 2.21. The molecule has 1 atom stereocenters. The van der Waals surface area contributed by atoms with Crippen molar-refractivity contribution in [3.05, 3.63) is 112 Å². The number of aromatic nitrogens is 2. The van der Waals surface area contributed by atoms with Gasteiger partial charge in [0.25, 0.3) is 0 Å². The summed E-state index contributed by atoms with van der Waals surface area (Å²) in [4.78, 5) is 21.5. The van der Waals surface area contributed by atoms with Crippen molar-refractivity contribution in [1.82, 2.24) is 15.3 Å². The van der Waals surface area contributed by atoms with Gasteiger partial charge >= 0.3 is 0 Å². The first-order valence-corrected chi connectivity index (χ1v) is 11.0. The van der Waals surface area contributed by atoms with Crippen LogP contribution in [0.3, 0.4) is 0 Å². The highest BCUT2D eigenvalue weighted by atomic mass is 32.1. The Hall–Kier alpha value is -3.35. The molecule has 2 heterocycles. The fourth-order valence-corrected chi connectivity index (χ4v) is 4.08. The monoisotopic (exact) mass is 428 g/mol. The van der Waals surface area contributed by atoms with E-state index in [0.717, 1.165) is 33.2 Å². The van der Waals surface area contributed by atoms with Crippen LogP contribution in [0.1, 0.15) is 33.6 Å². The van der Waals surface area contributed by atoms with Gasteiger partial charge in [0.05, 0.1) is 23.9 Å². The molecule has 156 valence electrons. The van der Waals surface area contributed by atoms with Crippen molar-refractivity contribution in [2.45, 2.75) is 25.9 Å². The van der Waals surface area contributed by atoms with E-state index >= 15 is 0 Å². The lowest BCUT2D eigenvalue weighted by Crippen LogP contribution is -2.23. The molecule has 31 heavy (non-hydrogen) atoms. The summed E-state index contributed by atoms with van der Waals surface area (Å²) in [7, 11) is 0. The van der Waals surface area contributed by atoms with E-state index < -0.39 is 0 Å². The number of carbonyl (C=O) groups is 1. The van der Waals surface area contributed by atoms with Gasteiger partial charge in [-0.05, 0) is 36.8 Å². The molecule has 0 spiro atoms. The normalized spacial score (nSPS) is 11.8. The highest BCUT2D eigenvalue weighted by Gasteiger charge is 2.15. The van der Waals surface area contributed by atoms with E-state index in [4.69, 9.17) is 0 Å². The first-order valence-electron chi connectivity index (χ1n) is 10.2. The lowest BCUT2D eigenvalue weighted by Gasteiger charge is -2.18. The van der Waals surface area contributed by atoms with Gasteiger partial charge in [-0.1, -0.05) is 54.1 Å². The van der Waals surface area contributed by atoms with Gasteiger partial charge < -0.3 is 5.32 Å². The fraction of sp³-hybridized carbons (Fsp3) is 0.160. The van der Waals surface area contributed by atoms with Crippen molar-refractivity contribution in [3.8, 4) is 0 Å². The predicted molar refractivity (Wildman–Crippen MR) is 125 cm³/mol. The molecular weight excluding hydrogens is 404 g/mol. The zero-order valence-electron chi connectivity index (χ0n) is 17.3. The maximum atomic E-state index is 12.3. The molecule has 1 amide bonds. The van der Waals surface area contributed by atoms with Crippen LogP contribution in [0.2, 0.25) is 0 Å². The lowest BCUT2D eigenvalue weighted by atomic mass is 10.0. The minimum atomic E-state index is -0.0617. The SMILES string of the molecule is Cc1ccc(NC(=O)Cc2nc(CNC(c3ccccc3)c3ccccn3)cs2)cc1. The van der Waals surface area contributed by atoms with Crippen LogP contribution >= 0.6 is 11.3 Å². The van der Waals surface area contributed by atoms with Gasteiger partial charge in [-0.15, -0.1) is 11.3 Å². The van der Waals surface area contributed by atoms with Gasteiger partial charge in [-0.2, -0.15) is 0 Å². The molecule has 4 rings (SSSR count). The third-order valence-corrected chi connectivity index (χ3v) is 5.75. The van der Waals surface area contributed by atoms with Crippen LogP contribution in [0, 0.1) is 6.92 Å². The summed E-state index contributed by atoms with van der Waals surface area (Å²) in [6.45, 7) is 2.61. The Kier molecular flexibility index (Phi) is 6.82. The summed E-state index contributed by atoms with van der Waals surface area (Å²) in [5.74, 6) is -0.0617. The molecule has 0 radical (unpaired) electrons. The summed E-state index contributed by atoms with van der Waals surface area (Å²) in [5, 5.41) is 9.29. The average molecular weight is 429 g/mol. The molecule has 0 fully saturated rings. The van der Waals surface area contributed by atoms with E-state index in [-0.39, 0.29) is 18.4 Å². The van der Waals surface area contributed by atoms with E-state index in [9.17, 15) is 4.79 Å². The number of nitrogens with one attached hydrogen (secondary N) is 2. The molecule has 6 heteroatoms. The molecular formula is C25H24N4OS. The molecule has 2 N–H and O–H groups in total. The second-order valence-corrected chi connectivity index (χ2v) is 8.25. The maximum absolute atomic E-state index is 12.3. The van der Waals surface area contributed by atoms with Crippen LogP contribution in [-0.2, 0) is 17.8 Å². The van der Waals surface area contributed by atoms with Gasteiger partial charge in [-0.3, -0.25) is 15.1 Å². The van der Waals surface area contributed by atoms with Crippen LogP contribution in [0.15, 0.2) is 84.4 Å². The minimum Gasteiger partial charge on any atom is -0.326 e. The van der Waals surface area contributed by atoms with E-state index in [1.54, 1.807) is 6.20 Å². The smallest absolute Gasteiger partial charge is 0.231 e. The van der Waals surface area contributed by atoms with E-state index in [2.05, 4.69) is 32.7 Å². The summed E-state index contributed by atoms with van der Waals surface area (Å²) < 4.78 is 0. The van der Waals surface area contributed by atoms with Gasteiger partial charge in [0.15, 0.2) is 0 Å². The van der Waals surface area contributed by atoms with Gasteiger partial charge in [0.2, 0.25) is 5.91 Å². The van der Waals surface area contributed by atoms with Gasteiger partial charge in [0, 0.05) is 23.8 Å². The molecule has 0 bridgehead atoms. The molecule has 5 nitrogen and oxygen atoms in total. The Labute approximate surface area is 186 Å². The lowest BCUT2D eigenvalue weighted by molar-refractivity contribution is -0.115. The second kappa shape index (κ2) is 10.1. The van der Waals surface area contributed by atoms with Crippen LogP contribution in [0.4, 0.5) is 5.69 Å². The summed E-state index contributed by atoms with van der Waals surface area (Å²) in [6.07, 6.45) is 2.07. The average Bonchev–Trinajstić information content (AvgIpc) is 3.24. The Morgan fingerprint density at radius 1 is 1.00 bits per heavy atom. The molecule has 0 saturated heterocycles. The molecule has 0 saturated carbocycles. The topological polar surface area (TPSA) is 66.9 Å². The second-order valence-electron chi connectivity index (χ2n) is 7.30. The predicted octanol–water partition coefficient (Wildman–Crippen LogP) is 4.91. The largest absolute Gasteiger partial charge is 0.326 e. The summed E-state index contributed by atoms with van der Waals surface area (Å²) in [5.41, 5.74) is 4.99. The van der Waals surface area contributed by atoms with Gasteiger partial charge in [0.1, 0.15) is 5.01 Å². The quantitative estimate of drug-likeness (QED) is 0.419. The minimum absolute atomic E-state index is 0.0302. The Balaban J connectivity index is 1.38. The molecule has 2 aromatic heterocycles. The molecule has 0 aliphatic rings. The Morgan fingerprint density at radius 2 is 1.77 bits per heavy atom. The molecule has 4 aromatic rings. The van der Waals surface area contributed by atoms with E-state index in [1.807, 2.05) is 73.0 Å². The molecule has 2 aromatic carbocycles. The van der Waals surface area contributed by atoms with Crippen molar-refractivity contribution in [1.29, 1.82) is 0 Å². The van der Waals surface area contributed by atoms with E-state index in [0.29, 0.717) is 6.54 Å². The third-order valence-electron chi connectivity index (χ3n) is 4.85. The molecule has 1 unspecified atom stereocenters. The number of anilines is 1. The first-order chi connectivity index (χ1) is 15.2. The van der Waals surface area contributed by atoms with Gasteiger partial charge in [-0.25, -0.2) is 4.98 Å². The number of amides is 1. The van der Waals surface area contributed by atoms with Crippen molar-refractivity contribution in [3.63, 3.8) is 0 Å². The highest BCUT2D eigenvalue weighted by molar-refractivity contribution is 7.09. The van der Waals surface area contributed by atoms with Crippen molar-refractivity contribution >= 4 is 22.9 Å². The van der Waals surface area contributed by atoms with Crippen LogP contribution in [0.25, 0.3) is 0 Å². The standard InChI is InChI=1S/C25H24N4OS/c1-18-10-12-20(13-11-18)28-23(30)15-24-29-21(17-31-24)16-27-25(19-7-3-2-4-8-19)22-9-5-6-14-26-22/h2-14,17,25,27H,15-16H2,1H3,(H,28,30).